The highest BCUT2D eigenvalue weighted by Gasteiger charge is 2.15. The van der Waals surface area contributed by atoms with Gasteiger partial charge in [0.25, 0.3) is 5.91 Å². The number of carbonyl (C=O) groups excluding carboxylic acids is 1. The third-order valence-corrected chi connectivity index (χ3v) is 2.55. The fourth-order valence-corrected chi connectivity index (χ4v) is 1.64. The number of amides is 1. The molecule has 0 fully saturated rings. The Hall–Kier alpha value is -0.610. The normalized spacial score (nSPS) is 12.3. The van der Waals surface area contributed by atoms with Crippen LogP contribution in [0.1, 0.15) is 17.3 Å². The van der Waals surface area contributed by atoms with Crippen LogP contribution >= 0.6 is 27.5 Å². The standard InChI is InChI=1S/C10H10BrClFNO/c1-6(12)5-14-10(15)9-7(11)3-2-4-8(9)13/h2-4,6H,5H2,1H3,(H,14,15). The van der Waals surface area contributed by atoms with E-state index in [1.54, 1.807) is 13.0 Å². The third kappa shape index (κ3) is 3.47. The van der Waals surface area contributed by atoms with Gasteiger partial charge in [0.05, 0.1) is 5.56 Å². The van der Waals surface area contributed by atoms with E-state index in [1.807, 2.05) is 0 Å². The van der Waals surface area contributed by atoms with Crippen molar-refractivity contribution in [1.29, 1.82) is 0 Å². The molecule has 0 bridgehead atoms. The van der Waals surface area contributed by atoms with Crippen LogP contribution in [0.5, 0.6) is 0 Å². The van der Waals surface area contributed by atoms with E-state index in [0.717, 1.165) is 0 Å². The molecule has 0 heterocycles. The molecule has 0 saturated carbocycles. The van der Waals surface area contributed by atoms with E-state index in [-0.39, 0.29) is 10.9 Å². The number of nitrogens with one attached hydrogen (secondary N) is 1. The van der Waals surface area contributed by atoms with Crippen molar-refractivity contribution in [3.05, 3.63) is 34.1 Å². The van der Waals surface area contributed by atoms with Gasteiger partial charge in [-0.2, -0.15) is 0 Å². The molecular weight excluding hydrogens is 284 g/mol. The number of halogens is 3. The molecule has 1 amide bonds. The maximum atomic E-state index is 13.3. The second kappa shape index (κ2) is 5.47. The first-order chi connectivity index (χ1) is 7.02. The summed E-state index contributed by atoms with van der Waals surface area (Å²) in [5.41, 5.74) is 0.00909. The second-order valence-corrected chi connectivity index (χ2v) is 4.69. The summed E-state index contributed by atoms with van der Waals surface area (Å²) in [6, 6.07) is 4.38. The molecule has 5 heteroatoms. The smallest absolute Gasteiger partial charge is 0.255 e. The van der Waals surface area contributed by atoms with Crippen molar-refractivity contribution in [3.63, 3.8) is 0 Å². The molecule has 1 aromatic carbocycles. The first kappa shape index (κ1) is 12.5. The average molecular weight is 295 g/mol. The minimum Gasteiger partial charge on any atom is -0.350 e. The molecule has 15 heavy (non-hydrogen) atoms. The van der Waals surface area contributed by atoms with Crippen LogP contribution in [0, 0.1) is 5.82 Å². The number of hydrogen-bond acceptors (Lipinski definition) is 1. The maximum absolute atomic E-state index is 13.3. The molecule has 1 atom stereocenters. The predicted molar refractivity (Wildman–Crippen MR) is 61.7 cm³/mol. The zero-order valence-corrected chi connectivity index (χ0v) is 10.4. The van der Waals surface area contributed by atoms with E-state index in [0.29, 0.717) is 11.0 Å². The van der Waals surface area contributed by atoms with Crippen LogP contribution in [-0.4, -0.2) is 17.8 Å². The van der Waals surface area contributed by atoms with Gasteiger partial charge in [0.1, 0.15) is 5.82 Å². The lowest BCUT2D eigenvalue weighted by molar-refractivity contribution is 0.0949. The molecule has 0 aliphatic rings. The Morgan fingerprint density at radius 3 is 2.87 bits per heavy atom. The lowest BCUT2D eigenvalue weighted by Gasteiger charge is -2.08. The number of hydrogen-bond donors (Lipinski definition) is 1. The molecule has 0 saturated heterocycles. The number of carbonyl (C=O) groups is 1. The van der Waals surface area contributed by atoms with Crippen molar-refractivity contribution in [3.8, 4) is 0 Å². The fraction of sp³-hybridized carbons (Fsp3) is 0.300. The van der Waals surface area contributed by atoms with E-state index in [1.165, 1.54) is 12.1 Å². The highest BCUT2D eigenvalue weighted by Crippen LogP contribution is 2.19. The SMILES string of the molecule is CC(Cl)CNC(=O)c1c(F)cccc1Br. The van der Waals surface area contributed by atoms with Gasteiger partial charge in [0.15, 0.2) is 0 Å². The monoisotopic (exact) mass is 293 g/mol. The van der Waals surface area contributed by atoms with Crippen LogP contribution in [0.15, 0.2) is 22.7 Å². The lowest BCUT2D eigenvalue weighted by atomic mass is 10.2. The molecule has 0 aliphatic heterocycles. The molecule has 0 aromatic heterocycles. The topological polar surface area (TPSA) is 29.1 Å². The molecule has 0 radical (unpaired) electrons. The molecule has 82 valence electrons. The summed E-state index contributed by atoms with van der Waals surface area (Å²) in [7, 11) is 0. The van der Waals surface area contributed by atoms with Crippen molar-refractivity contribution < 1.29 is 9.18 Å². The Bertz CT molecular complexity index is 350. The number of alkyl halides is 1. The van der Waals surface area contributed by atoms with Crippen LogP contribution in [0.4, 0.5) is 4.39 Å². The zero-order chi connectivity index (χ0) is 11.4. The summed E-state index contributed by atoms with van der Waals surface area (Å²) in [4.78, 5) is 11.6. The van der Waals surface area contributed by atoms with Crippen LogP contribution in [0.25, 0.3) is 0 Å². The van der Waals surface area contributed by atoms with Crippen molar-refractivity contribution in [2.45, 2.75) is 12.3 Å². The summed E-state index contributed by atoms with van der Waals surface area (Å²) < 4.78 is 13.7. The van der Waals surface area contributed by atoms with Gasteiger partial charge in [-0.3, -0.25) is 4.79 Å². The Morgan fingerprint density at radius 2 is 2.33 bits per heavy atom. The van der Waals surface area contributed by atoms with Gasteiger partial charge in [0.2, 0.25) is 0 Å². The van der Waals surface area contributed by atoms with Crippen molar-refractivity contribution in [2.24, 2.45) is 0 Å². The Balaban J connectivity index is 2.82. The van der Waals surface area contributed by atoms with E-state index >= 15 is 0 Å². The average Bonchev–Trinajstić information content (AvgIpc) is 2.14. The lowest BCUT2D eigenvalue weighted by Crippen LogP contribution is -2.29. The quantitative estimate of drug-likeness (QED) is 0.853. The van der Waals surface area contributed by atoms with Crippen molar-refractivity contribution in [1.82, 2.24) is 5.32 Å². The molecule has 0 spiro atoms. The summed E-state index contributed by atoms with van der Waals surface area (Å²) in [5.74, 6) is -1.02. The summed E-state index contributed by atoms with van der Waals surface area (Å²) in [6.45, 7) is 2.05. The van der Waals surface area contributed by atoms with Gasteiger partial charge in [0, 0.05) is 16.4 Å². The molecule has 2 nitrogen and oxygen atoms in total. The predicted octanol–water partition coefficient (Wildman–Crippen LogP) is 2.95. The van der Waals surface area contributed by atoms with Crippen molar-refractivity contribution >= 4 is 33.4 Å². The summed E-state index contributed by atoms with van der Waals surface area (Å²) in [5, 5.41) is 2.36. The van der Waals surface area contributed by atoms with E-state index in [4.69, 9.17) is 11.6 Å². The fourth-order valence-electron chi connectivity index (χ4n) is 1.04. The highest BCUT2D eigenvalue weighted by molar-refractivity contribution is 9.10. The van der Waals surface area contributed by atoms with Crippen LogP contribution in [-0.2, 0) is 0 Å². The Kier molecular flexibility index (Phi) is 4.54. The molecule has 1 N–H and O–H groups in total. The summed E-state index contributed by atoms with van der Waals surface area (Å²) >= 11 is 8.79. The van der Waals surface area contributed by atoms with Gasteiger partial charge in [-0.25, -0.2) is 4.39 Å². The molecule has 1 unspecified atom stereocenters. The number of rotatable bonds is 3. The molecular formula is C10H10BrClFNO. The van der Waals surface area contributed by atoms with Gasteiger partial charge in [-0.1, -0.05) is 6.07 Å². The minimum atomic E-state index is -0.552. The van der Waals surface area contributed by atoms with Crippen LogP contribution in [0.3, 0.4) is 0 Å². The summed E-state index contributed by atoms with van der Waals surface area (Å²) in [6.07, 6.45) is 0. The Morgan fingerprint density at radius 1 is 1.67 bits per heavy atom. The molecule has 1 rings (SSSR count). The highest BCUT2D eigenvalue weighted by atomic mass is 79.9. The number of benzene rings is 1. The van der Waals surface area contributed by atoms with Crippen LogP contribution < -0.4 is 5.32 Å². The zero-order valence-electron chi connectivity index (χ0n) is 8.06. The van der Waals surface area contributed by atoms with Gasteiger partial charge >= 0.3 is 0 Å². The second-order valence-electron chi connectivity index (χ2n) is 3.09. The first-order valence-corrected chi connectivity index (χ1v) is 5.61. The maximum Gasteiger partial charge on any atom is 0.255 e. The van der Waals surface area contributed by atoms with E-state index in [9.17, 15) is 9.18 Å². The van der Waals surface area contributed by atoms with Gasteiger partial charge in [-0.05, 0) is 35.0 Å². The van der Waals surface area contributed by atoms with E-state index < -0.39 is 11.7 Å². The van der Waals surface area contributed by atoms with Crippen LogP contribution in [0.2, 0.25) is 0 Å². The van der Waals surface area contributed by atoms with E-state index in [2.05, 4.69) is 21.2 Å². The largest absolute Gasteiger partial charge is 0.350 e. The third-order valence-electron chi connectivity index (χ3n) is 1.73. The van der Waals surface area contributed by atoms with Crippen molar-refractivity contribution in [2.75, 3.05) is 6.54 Å². The molecule has 1 aromatic rings. The minimum absolute atomic E-state index is 0.00909. The van der Waals surface area contributed by atoms with Gasteiger partial charge < -0.3 is 5.32 Å². The molecule has 0 aliphatic carbocycles. The first-order valence-electron chi connectivity index (χ1n) is 4.38. The van der Waals surface area contributed by atoms with Gasteiger partial charge in [-0.15, -0.1) is 11.6 Å². The Labute approximate surface area is 101 Å².